The molecule has 0 spiro atoms. The lowest BCUT2D eigenvalue weighted by molar-refractivity contribution is -0.115. The van der Waals surface area contributed by atoms with Crippen LogP contribution in [0.5, 0.6) is 5.75 Å². The molecule has 0 fully saturated rings. The van der Waals surface area contributed by atoms with Gasteiger partial charge in [0.15, 0.2) is 9.84 Å². The molecule has 26 heavy (non-hydrogen) atoms. The Balaban J connectivity index is 1.97. The van der Waals surface area contributed by atoms with E-state index in [0.29, 0.717) is 11.4 Å². The van der Waals surface area contributed by atoms with Crippen molar-refractivity contribution < 1.29 is 26.4 Å². The zero-order chi connectivity index (χ0) is 19.4. The highest BCUT2D eigenvalue weighted by atomic mass is 32.2. The Labute approximate surface area is 151 Å². The summed E-state index contributed by atoms with van der Waals surface area (Å²) >= 11 is 0. The quantitative estimate of drug-likeness (QED) is 0.719. The summed E-state index contributed by atoms with van der Waals surface area (Å²) in [5, 5.41) is 7.49. The molecule has 0 aliphatic carbocycles. The van der Waals surface area contributed by atoms with Gasteiger partial charge in [-0.15, -0.1) is 0 Å². The fourth-order valence-corrected chi connectivity index (χ4v) is 3.84. The molecule has 0 unspecified atom stereocenters. The summed E-state index contributed by atoms with van der Waals surface area (Å²) in [6.07, 6.45) is -0.245. The summed E-state index contributed by atoms with van der Waals surface area (Å²) in [6, 6.07) is 11.1. The number of amides is 1. The van der Waals surface area contributed by atoms with Crippen molar-refractivity contribution in [3.63, 3.8) is 0 Å². The predicted octanol–water partition coefficient (Wildman–Crippen LogP) is 1.15. The minimum atomic E-state index is -3.81. The van der Waals surface area contributed by atoms with Gasteiger partial charge in [0.1, 0.15) is 5.75 Å². The molecule has 2 aromatic carbocycles. The number of anilines is 1. The number of nitrogens with two attached hydrogens (primary N) is 1. The van der Waals surface area contributed by atoms with Crippen LogP contribution in [0.15, 0.2) is 58.3 Å². The molecule has 0 saturated carbocycles. The van der Waals surface area contributed by atoms with Gasteiger partial charge in [-0.1, -0.05) is 0 Å². The minimum Gasteiger partial charge on any atom is -0.497 e. The average molecular weight is 398 g/mol. The van der Waals surface area contributed by atoms with E-state index in [2.05, 4.69) is 5.32 Å². The minimum absolute atomic E-state index is 0.0856. The molecular weight excluding hydrogens is 380 g/mol. The largest absolute Gasteiger partial charge is 0.497 e. The van der Waals surface area contributed by atoms with Crippen LogP contribution in [0.25, 0.3) is 0 Å². The molecule has 2 aromatic rings. The molecule has 2 rings (SSSR count). The van der Waals surface area contributed by atoms with Gasteiger partial charge in [0, 0.05) is 12.1 Å². The van der Waals surface area contributed by atoms with E-state index in [9.17, 15) is 21.6 Å². The summed E-state index contributed by atoms with van der Waals surface area (Å²) < 4.78 is 51.8. The van der Waals surface area contributed by atoms with E-state index in [1.807, 2.05) is 0 Å². The zero-order valence-corrected chi connectivity index (χ0v) is 15.5. The molecule has 0 aliphatic rings. The predicted molar refractivity (Wildman–Crippen MR) is 96.1 cm³/mol. The van der Waals surface area contributed by atoms with Crippen molar-refractivity contribution in [1.29, 1.82) is 0 Å². The van der Waals surface area contributed by atoms with E-state index >= 15 is 0 Å². The van der Waals surface area contributed by atoms with Crippen LogP contribution < -0.4 is 15.2 Å². The van der Waals surface area contributed by atoms with E-state index in [0.717, 1.165) is 0 Å². The fraction of sp³-hybridized carbons (Fsp3) is 0.188. The molecular formula is C16H18N2O6S2. The maximum Gasteiger partial charge on any atom is 0.238 e. The fourth-order valence-electron chi connectivity index (χ4n) is 2.08. The number of benzene rings is 2. The Bertz CT molecular complexity index is 982. The topological polar surface area (TPSA) is 133 Å². The second-order valence-electron chi connectivity index (χ2n) is 5.36. The average Bonchev–Trinajstić information content (AvgIpc) is 2.60. The molecule has 0 saturated heterocycles. The summed E-state index contributed by atoms with van der Waals surface area (Å²) in [5.74, 6) is -0.337. The van der Waals surface area contributed by atoms with Crippen molar-refractivity contribution in [3.8, 4) is 5.75 Å². The van der Waals surface area contributed by atoms with Crippen LogP contribution in [0, 0.1) is 0 Å². The first-order valence-electron chi connectivity index (χ1n) is 7.41. The zero-order valence-electron chi connectivity index (χ0n) is 13.9. The normalized spacial score (nSPS) is 11.8. The molecule has 0 radical (unpaired) electrons. The summed E-state index contributed by atoms with van der Waals surface area (Å²) in [7, 11) is -5.95. The van der Waals surface area contributed by atoms with E-state index < -0.39 is 25.8 Å². The first-order valence-corrected chi connectivity index (χ1v) is 10.6. The van der Waals surface area contributed by atoms with Gasteiger partial charge in [-0.2, -0.15) is 0 Å². The molecule has 0 atom stereocenters. The third kappa shape index (κ3) is 5.28. The van der Waals surface area contributed by atoms with Gasteiger partial charge in [0.05, 0.1) is 22.7 Å². The van der Waals surface area contributed by atoms with Gasteiger partial charge in [0.25, 0.3) is 0 Å². The first kappa shape index (κ1) is 19.9. The Morgan fingerprint density at radius 1 is 0.962 bits per heavy atom. The number of ether oxygens (including phenoxy) is 1. The van der Waals surface area contributed by atoms with E-state index in [1.165, 1.54) is 55.6 Å². The number of hydrogen-bond acceptors (Lipinski definition) is 6. The smallest absolute Gasteiger partial charge is 0.238 e. The van der Waals surface area contributed by atoms with Crippen LogP contribution in [0.3, 0.4) is 0 Å². The van der Waals surface area contributed by atoms with Crippen LogP contribution in [0.4, 0.5) is 5.69 Å². The van der Waals surface area contributed by atoms with Gasteiger partial charge in [-0.25, -0.2) is 22.0 Å². The lowest BCUT2D eigenvalue weighted by Crippen LogP contribution is -2.17. The number of methoxy groups -OCH3 is 1. The first-order chi connectivity index (χ1) is 12.1. The number of carbonyl (C=O) groups is 1. The van der Waals surface area contributed by atoms with Crippen molar-refractivity contribution in [2.24, 2.45) is 5.14 Å². The maximum absolute atomic E-state index is 12.2. The maximum atomic E-state index is 12.2. The number of nitrogens with one attached hydrogen (secondary N) is 1. The number of sulfonamides is 1. The van der Waals surface area contributed by atoms with Gasteiger partial charge in [-0.05, 0) is 48.5 Å². The molecule has 0 aliphatic heterocycles. The van der Waals surface area contributed by atoms with E-state index in [4.69, 9.17) is 9.88 Å². The lowest BCUT2D eigenvalue weighted by atomic mass is 10.3. The summed E-state index contributed by atoms with van der Waals surface area (Å²) in [5.41, 5.74) is 0.337. The van der Waals surface area contributed by atoms with Gasteiger partial charge in [0.2, 0.25) is 15.9 Å². The van der Waals surface area contributed by atoms with Crippen molar-refractivity contribution in [2.75, 3.05) is 18.2 Å². The highest BCUT2D eigenvalue weighted by molar-refractivity contribution is 7.91. The lowest BCUT2D eigenvalue weighted by Gasteiger charge is -2.07. The Hall–Kier alpha value is -2.43. The third-order valence-corrected chi connectivity index (χ3v) is 6.14. The Morgan fingerprint density at radius 3 is 2.00 bits per heavy atom. The number of sulfone groups is 1. The number of rotatable bonds is 7. The van der Waals surface area contributed by atoms with Gasteiger partial charge < -0.3 is 10.1 Å². The highest BCUT2D eigenvalue weighted by Crippen LogP contribution is 2.18. The SMILES string of the molecule is COc1ccc(S(=O)(=O)CCC(=O)Nc2ccc(S(N)(=O)=O)cc2)cc1. The molecule has 0 aromatic heterocycles. The number of primary sulfonamides is 1. The highest BCUT2D eigenvalue weighted by Gasteiger charge is 2.17. The van der Waals surface area contributed by atoms with Crippen molar-refractivity contribution in [2.45, 2.75) is 16.2 Å². The van der Waals surface area contributed by atoms with Crippen molar-refractivity contribution in [3.05, 3.63) is 48.5 Å². The van der Waals surface area contributed by atoms with Crippen LogP contribution in [0.1, 0.15) is 6.42 Å². The van der Waals surface area contributed by atoms with Crippen LogP contribution in [-0.4, -0.2) is 35.6 Å². The van der Waals surface area contributed by atoms with Gasteiger partial charge >= 0.3 is 0 Å². The third-order valence-electron chi connectivity index (χ3n) is 3.48. The molecule has 10 heteroatoms. The van der Waals surface area contributed by atoms with Crippen molar-refractivity contribution in [1.82, 2.24) is 0 Å². The molecule has 1 amide bonds. The van der Waals surface area contributed by atoms with Crippen molar-refractivity contribution >= 4 is 31.5 Å². The van der Waals surface area contributed by atoms with Crippen LogP contribution >= 0.6 is 0 Å². The van der Waals surface area contributed by atoms with E-state index in [-0.39, 0.29) is 22.0 Å². The molecule has 0 bridgehead atoms. The Kier molecular flexibility index (Phi) is 6.01. The summed E-state index contributed by atoms with van der Waals surface area (Å²) in [4.78, 5) is 11.9. The van der Waals surface area contributed by atoms with E-state index in [1.54, 1.807) is 0 Å². The standard InChI is InChI=1S/C16H18N2O6S2/c1-24-13-4-8-14(9-5-13)25(20,21)11-10-16(19)18-12-2-6-15(7-3-12)26(17,22)23/h2-9H,10-11H2,1H3,(H,18,19)(H2,17,22,23). The molecule has 0 heterocycles. The van der Waals surface area contributed by atoms with Crippen LogP contribution in [0.2, 0.25) is 0 Å². The number of hydrogen-bond donors (Lipinski definition) is 2. The monoisotopic (exact) mass is 398 g/mol. The number of carbonyl (C=O) groups excluding carboxylic acids is 1. The molecule has 140 valence electrons. The van der Waals surface area contributed by atoms with Crippen LogP contribution in [-0.2, 0) is 24.7 Å². The molecule has 3 N–H and O–H groups in total. The Morgan fingerprint density at radius 2 is 1.50 bits per heavy atom. The van der Waals surface area contributed by atoms with Gasteiger partial charge in [-0.3, -0.25) is 4.79 Å². The summed E-state index contributed by atoms with van der Waals surface area (Å²) in [6.45, 7) is 0. The second kappa shape index (κ2) is 7.85. The molecule has 8 nitrogen and oxygen atoms in total. The second-order valence-corrected chi connectivity index (χ2v) is 9.03.